The van der Waals surface area contributed by atoms with Gasteiger partial charge < -0.3 is 9.47 Å². The van der Waals surface area contributed by atoms with E-state index in [1.807, 2.05) is 31.2 Å². The molecule has 0 saturated carbocycles. The summed E-state index contributed by atoms with van der Waals surface area (Å²) in [5.74, 6) is -0.438. The zero-order valence-electron chi connectivity index (χ0n) is 12.8. The van der Waals surface area contributed by atoms with E-state index < -0.39 is 11.9 Å². The van der Waals surface area contributed by atoms with Crippen molar-refractivity contribution in [3.05, 3.63) is 41.0 Å². The third kappa shape index (κ3) is 2.84. The molecular weight excluding hydrogens is 268 g/mol. The first-order chi connectivity index (χ1) is 9.99. The maximum atomic E-state index is 12.2. The van der Waals surface area contributed by atoms with E-state index in [-0.39, 0.29) is 11.7 Å². The van der Waals surface area contributed by atoms with E-state index in [1.165, 1.54) is 7.11 Å². The molecule has 0 aliphatic heterocycles. The normalized spacial score (nSPS) is 22.2. The first-order valence-electron chi connectivity index (χ1n) is 6.93. The monoisotopic (exact) mass is 288 g/mol. The maximum Gasteiger partial charge on any atom is 0.316 e. The number of esters is 1. The molecule has 4 heteroatoms. The molecule has 1 aliphatic carbocycles. The smallest absolute Gasteiger partial charge is 0.316 e. The number of hydrogen-bond acceptors (Lipinski definition) is 4. The molecule has 2 rings (SSSR count). The van der Waals surface area contributed by atoms with Crippen molar-refractivity contribution in [3.8, 4) is 5.75 Å². The van der Waals surface area contributed by atoms with E-state index in [1.54, 1.807) is 14.0 Å². The minimum absolute atomic E-state index is 0.0534. The SMILES string of the molecule is COC(=O)C1CC(c2ccc(OC)cc2)C(C)=C(C)C1=O. The molecule has 112 valence electrons. The summed E-state index contributed by atoms with van der Waals surface area (Å²) in [5.41, 5.74) is 2.76. The van der Waals surface area contributed by atoms with Gasteiger partial charge in [0.15, 0.2) is 5.78 Å². The highest BCUT2D eigenvalue weighted by molar-refractivity contribution is 6.09. The number of allylic oxidation sites excluding steroid dienone is 2. The van der Waals surface area contributed by atoms with Gasteiger partial charge in [0.05, 0.1) is 14.2 Å². The number of carbonyl (C=O) groups excluding carboxylic acids is 2. The van der Waals surface area contributed by atoms with Crippen LogP contribution in [0.5, 0.6) is 5.75 Å². The molecule has 1 aromatic carbocycles. The van der Waals surface area contributed by atoms with Crippen molar-refractivity contribution in [1.29, 1.82) is 0 Å². The zero-order valence-corrected chi connectivity index (χ0v) is 12.8. The highest BCUT2D eigenvalue weighted by atomic mass is 16.5. The Morgan fingerprint density at radius 1 is 1.14 bits per heavy atom. The molecule has 1 aliphatic rings. The van der Waals surface area contributed by atoms with Crippen LogP contribution >= 0.6 is 0 Å². The van der Waals surface area contributed by atoms with Crippen LogP contribution in [0.3, 0.4) is 0 Å². The second-order valence-corrected chi connectivity index (χ2v) is 5.31. The first-order valence-corrected chi connectivity index (χ1v) is 6.93. The van der Waals surface area contributed by atoms with Crippen LogP contribution in [0.15, 0.2) is 35.4 Å². The summed E-state index contributed by atoms with van der Waals surface area (Å²) in [4.78, 5) is 24.1. The Bertz CT molecular complexity index is 583. The second kappa shape index (κ2) is 6.12. The van der Waals surface area contributed by atoms with E-state index >= 15 is 0 Å². The Kier molecular flexibility index (Phi) is 4.46. The Hall–Kier alpha value is -2.10. The lowest BCUT2D eigenvalue weighted by atomic mass is 9.74. The lowest BCUT2D eigenvalue weighted by Crippen LogP contribution is -2.32. The van der Waals surface area contributed by atoms with Crippen molar-refractivity contribution in [2.75, 3.05) is 14.2 Å². The van der Waals surface area contributed by atoms with E-state index in [2.05, 4.69) is 0 Å². The van der Waals surface area contributed by atoms with Gasteiger partial charge >= 0.3 is 5.97 Å². The number of hydrogen-bond donors (Lipinski definition) is 0. The summed E-state index contributed by atoms with van der Waals surface area (Å²) in [6, 6.07) is 7.73. The van der Waals surface area contributed by atoms with Crippen molar-refractivity contribution in [3.63, 3.8) is 0 Å². The standard InChI is InChI=1S/C17H20O4/c1-10-11(2)16(18)15(17(19)21-4)9-14(10)12-5-7-13(20-3)8-6-12/h5-8,14-15H,9H2,1-4H3. The van der Waals surface area contributed by atoms with Gasteiger partial charge in [0.2, 0.25) is 0 Å². The molecule has 4 nitrogen and oxygen atoms in total. The van der Waals surface area contributed by atoms with Crippen LogP contribution in [-0.4, -0.2) is 26.0 Å². The average molecular weight is 288 g/mol. The lowest BCUT2D eigenvalue weighted by Gasteiger charge is -2.29. The predicted molar refractivity (Wildman–Crippen MR) is 79.2 cm³/mol. The molecule has 0 radical (unpaired) electrons. The molecule has 0 saturated heterocycles. The molecule has 0 fully saturated rings. The van der Waals surface area contributed by atoms with Gasteiger partial charge in [-0.2, -0.15) is 0 Å². The molecule has 0 amide bonds. The topological polar surface area (TPSA) is 52.6 Å². The molecule has 0 heterocycles. The van der Waals surface area contributed by atoms with Crippen molar-refractivity contribution in [1.82, 2.24) is 0 Å². The first kappa shape index (κ1) is 15.3. The molecule has 0 spiro atoms. The number of ketones is 1. The van der Waals surface area contributed by atoms with Crippen molar-refractivity contribution < 1.29 is 19.1 Å². The molecule has 2 atom stereocenters. The lowest BCUT2D eigenvalue weighted by molar-refractivity contribution is -0.149. The molecular formula is C17H20O4. The van der Waals surface area contributed by atoms with Crippen LogP contribution in [0.25, 0.3) is 0 Å². The highest BCUT2D eigenvalue weighted by Gasteiger charge is 2.37. The van der Waals surface area contributed by atoms with Crippen LogP contribution in [-0.2, 0) is 14.3 Å². The number of Topliss-reactive ketones (excluding diaryl/α,β-unsaturated/α-hetero) is 1. The quantitative estimate of drug-likeness (QED) is 0.634. The predicted octanol–water partition coefficient (Wildman–Crippen LogP) is 2.88. The van der Waals surface area contributed by atoms with Crippen LogP contribution in [0.1, 0.15) is 31.7 Å². The van der Waals surface area contributed by atoms with Gasteiger partial charge in [-0.05, 0) is 43.5 Å². The number of carbonyl (C=O) groups is 2. The molecule has 21 heavy (non-hydrogen) atoms. The van der Waals surface area contributed by atoms with E-state index in [0.29, 0.717) is 12.0 Å². The van der Waals surface area contributed by atoms with Gasteiger partial charge in [0.25, 0.3) is 0 Å². The van der Waals surface area contributed by atoms with Crippen molar-refractivity contribution >= 4 is 11.8 Å². The van der Waals surface area contributed by atoms with E-state index in [0.717, 1.165) is 16.9 Å². The molecule has 1 aromatic rings. The molecule has 2 unspecified atom stereocenters. The zero-order chi connectivity index (χ0) is 15.6. The third-order valence-electron chi connectivity index (χ3n) is 4.28. The second-order valence-electron chi connectivity index (χ2n) is 5.31. The Balaban J connectivity index is 2.37. The van der Waals surface area contributed by atoms with Crippen LogP contribution in [0.4, 0.5) is 0 Å². The van der Waals surface area contributed by atoms with Gasteiger partial charge in [-0.3, -0.25) is 9.59 Å². The summed E-state index contributed by atoms with van der Waals surface area (Å²) < 4.78 is 9.92. The number of ether oxygens (including phenoxy) is 2. The average Bonchev–Trinajstić information content (AvgIpc) is 2.52. The minimum atomic E-state index is -0.703. The number of benzene rings is 1. The van der Waals surface area contributed by atoms with Gasteiger partial charge in [-0.25, -0.2) is 0 Å². The molecule has 0 aromatic heterocycles. The van der Waals surface area contributed by atoms with Crippen molar-refractivity contribution in [2.45, 2.75) is 26.2 Å². The number of methoxy groups -OCH3 is 2. The van der Waals surface area contributed by atoms with Gasteiger partial charge in [-0.15, -0.1) is 0 Å². The Morgan fingerprint density at radius 2 is 1.76 bits per heavy atom. The fourth-order valence-electron chi connectivity index (χ4n) is 2.80. The maximum absolute atomic E-state index is 12.2. The highest BCUT2D eigenvalue weighted by Crippen LogP contribution is 2.39. The summed E-state index contributed by atoms with van der Waals surface area (Å²) in [6.45, 7) is 3.74. The Morgan fingerprint density at radius 3 is 2.29 bits per heavy atom. The van der Waals surface area contributed by atoms with Gasteiger partial charge in [0.1, 0.15) is 11.7 Å². The van der Waals surface area contributed by atoms with E-state index in [4.69, 9.17) is 9.47 Å². The fourth-order valence-corrected chi connectivity index (χ4v) is 2.80. The van der Waals surface area contributed by atoms with Crippen molar-refractivity contribution in [2.24, 2.45) is 5.92 Å². The third-order valence-corrected chi connectivity index (χ3v) is 4.28. The minimum Gasteiger partial charge on any atom is -0.497 e. The van der Waals surface area contributed by atoms with Crippen LogP contribution < -0.4 is 4.74 Å². The Labute approximate surface area is 124 Å². The van der Waals surface area contributed by atoms with Crippen LogP contribution in [0, 0.1) is 5.92 Å². The fraction of sp³-hybridized carbons (Fsp3) is 0.412. The van der Waals surface area contributed by atoms with Crippen LogP contribution in [0.2, 0.25) is 0 Å². The largest absolute Gasteiger partial charge is 0.497 e. The van der Waals surface area contributed by atoms with Gasteiger partial charge in [0, 0.05) is 5.92 Å². The molecule has 0 bridgehead atoms. The van der Waals surface area contributed by atoms with E-state index in [9.17, 15) is 9.59 Å². The summed E-state index contributed by atoms with van der Waals surface area (Å²) >= 11 is 0. The number of rotatable bonds is 3. The summed E-state index contributed by atoms with van der Waals surface area (Å²) in [5, 5.41) is 0. The summed E-state index contributed by atoms with van der Waals surface area (Å²) in [6.07, 6.45) is 0.459. The van der Waals surface area contributed by atoms with Gasteiger partial charge in [-0.1, -0.05) is 17.7 Å². The summed E-state index contributed by atoms with van der Waals surface area (Å²) in [7, 11) is 2.94. The molecule has 0 N–H and O–H groups in total.